The molecule has 0 atom stereocenters. The predicted octanol–water partition coefficient (Wildman–Crippen LogP) is 1.82. The van der Waals surface area contributed by atoms with Crippen LogP contribution in [-0.2, 0) is 11.2 Å². The molecule has 0 bridgehead atoms. The van der Waals surface area contributed by atoms with Crippen molar-refractivity contribution >= 4 is 33.2 Å². The van der Waals surface area contributed by atoms with Crippen molar-refractivity contribution in [2.75, 3.05) is 0 Å². The molecule has 0 amide bonds. The first-order chi connectivity index (χ1) is 7.58. The maximum Gasteiger partial charge on any atom is 0.308 e. The molecule has 0 aliphatic rings. The number of carbonyl (C=O) groups is 1. The number of aromatic nitrogens is 2. The van der Waals surface area contributed by atoms with Crippen molar-refractivity contribution in [1.82, 2.24) is 10.2 Å². The van der Waals surface area contributed by atoms with Gasteiger partial charge in [0.15, 0.2) is 0 Å². The zero-order valence-electron chi connectivity index (χ0n) is 7.91. The quantitative estimate of drug-likeness (QED) is 0.808. The van der Waals surface area contributed by atoms with Crippen LogP contribution in [0.1, 0.15) is 5.56 Å². The number of aromatic amines is 2. The lowest BCUT2D eigenvalue weighted by atomic mass is 10.1. The number of nitrogens with one attached hydrogen (secondary N) is 2. The number of halogens is 1. The molecule has 0 unspecified atom stereocenters. The van der Waals surface area contributed by atoms with Crippen LogP contribution < -0.4 is 5.56 Å². The van der Waals surface area contributed by atoms with E-state index in [2.05, 4.69) is 26.1 Å². The normalized spacial score (nSPS) is 10.6. The summed E-state index contributed by atoms with van der Waals surface area (Å²) in [5, 5.41) is 15.7. The third-order valence-corrected chi connectivity index (χ3v) is 3.73. The van der Waals surface area contributed by atoms with E-state index >= 15 is 0 Å². The van der Waals surface area contributed by atoms with Crippen molar-refractivity contribution in [2.45, 2.75) is 6.42 Å². The van der Waals surface area contributed by atoms with E-state index in [1.165, 1.54) is 11.3 Å². The van der Waals surface area contributed by atoms with Crippen molar-refractivity contribution in [1.29, 1.82) is 0 Å². The monoisotopic (exact) mass is 302 g/mol. The molecule has 16 heavy (non-hydrogen) atoms. The zero-order chi connectivity index (χ0) is 11.7. The smallest absolute Gasteiger partial charge is 0.308 e. The van der Waals surface area contributed by atoms with Gasteiger partial charge in [0.1, 0.15) is 0 Å². The molecule has 0 aromatic carbocycles. The highest BCUT2D eigenvalue weighted by Crippen LogP contribution is 2.29. The number of hydrogen-bond acceptors (Lipinski definition) is 3. The van der Waals surface area contributed by atoms with E-state index in [9.17, 15) is 9.59 Å². The number of carboxylic acid groups (broad SMARTS) is 1. The molecule has 7 heteroatoms. The molecule has 3 N–H and O–H groups in total. The van der Waals surface area contributed by atoms with Gasteiger partial charge in [0.2, 0.25) is 0 Å². The fourth-order valence-electron chi connectivity index (χ4n) is 1.36. The minimum Gasteiger partial charge on any atom is -0.481 e. The third kappa shape index (κ3) is 2.10. The van der Waals surface area contributed by atoms with Crippen molar-refractivity contribution in [2.24, 2.45) is 0 Å². The van der Waals surface area contributed by atoms with Crippen molar-refractivity contribution in [3.05, 3.63) is 31.8 Å². The molecule has 0 spiro atoms. The second-order valence-corrected chi connectivity index (χ2v) is 4.96. The molecular formula is C9H7BrN2O3S. The molecule has 2 rings (SSSR count). The maximum absolute atomic E-state index is 11.4. The minimum atomic E-state index is -1.03. The van der Waals surface area contributed by atoms with Crippen LogP contribution >= 0.6 is 27.3 Å². The Morgan fingerprint density at radius 1 is 1.50 bits per heavy atom. The first-order valence-electron chi connectivity index (χ1n) is 4.33. The molecular weight excluding hydrogens is 296 g/mol. The molecule has 0 aliphatic carbocycles. The molecule has 2 aromatic rings. The largest absolute Gasteiger partial charge is 0.481 e. The molecule has 2 heterocycles. The third-order valence-electron chi connectivity index (χ3n) is 2.02. The Balaban J connectivity index is 2.49. The van der Waals surface area contributed by atoms with Crippen molar-refractivity contribution in [3.8, 4) is 10.6 Å². The number of H-pyrrole nitrogens is 2. The Bertz CT molecular complexity index is 584. The summed E-state index contributed by atoms with van der Waals surface area (Å²) in [6.07, 6.45) is -0.288. The van der Waals surface area contributed by atoms with Gasteiger partial charge in [0, 0.05) is 9.85 Å². The van der Waals surface area contributed by atoms with Crippen LogP contribution in [0.25, 0.3) is 10.6 Å². The molecule has 5 nitrogen and oxygen atoms in total. The van der Waals surface area contributed by atoms with Crippen LogP contribution in [0, 0.1) is 0 Å². The lowest BCUT2D eigenvalue weighted by Crippen LogP contribution is -2.11. The summed E-state index contributed by atoms with van der Waals surface area (Å²) in [4.78, 5) is 22.9. The summed E-state index contributed by atoms with van der Waals surface area (Å²) in [7, 11) is 0. The Morgan fingerprint density at radius 2 is 2.25 bits per heavy atom. The highest BCUT2D eigenvalue weighted by atomic mass is 79.9. The van der Waals surface area contributed by atoms with Crippen molar-refractivity contribution < 1.29 is 9.90 Å². The first-order valence-corrected chi connectivity index (χ1v) is 6.01. The van der Waals surface area contributed by atoms with E-state index in [1.54, 1.807) is 0 Å². The van der Waals surface area contributed by atoms with E-state index in [0.29, 0.717) is 5.69 Å². The number of thiophene rings is 1. The van der Waals surface area contributed by atoms with Gasteiger partial charge in [-0.3, -0.25) is 19.8 Å². The summed E-state index contributed by atoms with van der Waals surface area (Å²) in [5.41, 5.74) is 0.409. The Kier molecular flexibility index (Phi) is 2.97. The van der Waals surface area contributed by atoms with Crippen LogP contribution in [0.15, 0.2) is 20.7 Å². The fourth-order valence-corrected chi connectivity index (χ4v) is 2.81. The average molecular weight is 303 g/mol. The molecule has 0 aliphatic heterocycles. The Labute approximate surface area is 102 Å². The topological polar surface area (TPSA) is 85.9 Å². The number of rotatable bonds is 3. The lowest BCUT2D eigenvalue weighted by molar-refractivity contribution is -0.136. The van der Waals surface area contributed by atoms with Gasteiger partial charge in [-0.05, 0) is 22.0 Å². The maximum atomic E-state index is 11.4. The van der Waals surface area contributed by atoms with E-state index in [4.69, 9.17) is 5.11 Å². The molecule has 0 saturated carbocycles. The van der Waals surface area contributed by atoms with Gasteiger partial charge in [-0.25, -0.2) is 0 Å². The molecule has 84 valence electrons. The van der Waals surface area contributed by atoms with Gasteiger partial charge in [0.25, 0.3) is 5.56 Å². The fraction of sp³-hybridized carbons (Fsp3) is 0.111. The van der Waals surface area contributed by atoms with Gasteiger partial charge in [-0.1, -0.05) is 0 Å². The highest BCUT2D eigenvalue weighted by Gasteiger charge is 2.15. The van der Waals surface area contributed by atoms with Crippen LogP contribution in [0.2, 0.25) is 0 Å². The Hall–Kier alpha value is -1.34. The number of aliphatic carboxylic acids is 1. The van der Waals surface area contributed by atoms with Gasteiger partial charge in [-0.2, -0.15) is 0 Å². The summed E-state index contributed by atoms with van der Waals surface area (Å²) in [6.45, 7) is 0. The van der Waals surface area contributed by atoms with Gasteiger partial charge in [0.05, 0.1) is 22.6 Å². The van der Waals surface area contributed by atoms with Gasteiger partial charge >= 0.3 is 5.97 Å². The average Bonchev–Trinajstić information content (AvgIpc) is 2.75. The van der Waals surface area contributed by atoms with Gasteiger partial charge < -0.3 is 5.11 Å². The van der Waals surface area contributed by atoms with Crippen LogP contribution in [-0.4, -0.2) is 21.3 Å². The van der Waals surface area contributed by atoms with E-state index < -0.39 is 5.97 Å². The Morgan fingerprint density at radius 3 is 2.81 bits per heavy atom. The van der Waals surface area contributed by atoms with Gasteiger partial charge in [-0.15, -0.1) is 11.3 Å². The molecule has 2 aromatic heterocycles. The summed E-state index contributed by atoms with van der Waals surface area (Å²) < 4.78 is 0.899. The molecule has 0 radical (unpaired) electrons. The van der Waals surface area contributed by atoms with Crippen molar-refractivity contribution in [3.63, 3.8) is 0 Å². The van der Waals surface area contributed by atoms with E-state index in [0.717, 1.165) is 9.35 Å². The number of hydrogen-bond donors (Lipinski definition) is 3. The SMILES string of the molecule is O=C(O)Cc1c(-c2cc(Br)cs2)[nH][nH]c1=O. The standard InChI is InChI=1S/C9H7BrN2O3S/c10-4-1-6(16-3-4)8-5(2-7(13)14)9(15)12-11-8/h1,3H,2H2,(H,13,14)(H2,11,12,15). The van der Waals surface area contributed by atoms with E-state index in [-0.39, 0.29) is 17.5 Å². The zero-order valence-corrected chi connectivity index (χ0v) is 10.3. The molecule has 0 saturated heterocycles. The second-order valence-electron chi connectivity index (χ2n) is 3.13. The highest BCUT2D eigenvalue weighted by molar-refractivity contribution is 9.10. The lowest BCUT2D eigenvalue weighted by Gasteiger charge is -1.95. The van der Waals surface area contributed by atoms with Crippen LogP contribution in [0.4, 0.5) is 0 Å². The number of carboxylic acids is 1. The second kappa shape index (κ2) is 4.26. The van der Waals surface area contributed by atoms with Crippen LogP contribution in [0.5, 0.6) is 0 Å². The first kappa shape index (κ1) is 11.2. The van der Waals surface area contributed by atoms with E-state index in [1.807, 2.05) is 11.4 Å². The summed E-state index contributed by atoms with van der Waals surface area (Å²) in [6, 6.07) is 1.83. The summed E-state index contributed by atoms with van der Waals surface area (Å²) in [5.74, 6) is -1.03. The minimum absolute atomic E-state index is 0.252. The molecule has 0 fully saturated rings. The van der Waals surface area contributed by atoms with Crippen LogP contribution in [0.3, 0.4) is 0 Å². The predicted molar refractivity (Wildman–Crippen MR) is 63.8 cm³/mol. The summed E-state index contributed by atoms with van der Waals surface area (Å²) >= 11 is 4.73.